The average molecular weight is 198 g/mol. The molecule has 4 atom stereocenters. The van der Waals surface area contributed by atoms with Crippen LogP contribution in [0.25, 0.3) is 0 Å². The number of unbranched alkanes of at least 4 members (excludes halogenated alkanes) is 3. The molecule has 0 radical (unpaired) electrons. The molecular formula is C12H22O2. The molecule has 14 heavy (non-hydrogen) atoms. The minimum absolute atomic E-state index is 0.368. The van der Waals surface area contributed by atoms with E-state index >= 15 is 0 Å². The molecule has 0 amide bonds. The lowest BCUT2D eigenvalue weighted by atomic mass is 10.1. The van der Waals surface area contributed by atoms with Crippen molar-refractivity contribution in [1.82, 2.24) is 0 Å². The van der Waals surface area contributed by atoms with E-state index in [1.807, 2.05) is 0 Å². The van der Waals surface area contributed by atoms with Crippen molar-refractivity contribution in [2.24, 2.45) is 11.8 Å². The van der Waals surface area contributed by atoms with E-state index in [1.165, 1.54) is 38.5 Å². The fourth-order valence-electron chi connectivity index (χ4n) is 2.42. The van der Waals surface area contributed by atoms with Gasteiger partial charge in [-0.05, 0) is 24.7 Å². The first kappa shape index (κ1) is 10.4. The van der Waals surface area contributed by atoms with Crippen LogP contribution < -0.4 is 0 Å². The van der Waals surface area contributed by atoms with Gasteiger partial charge in [0.15, 0.2) is 0 Å². The quantitative estimate of drug-likeness (QED) is 0.503. The van der Waals surface area contributed by atoms with E-state index in [1.54, 1.807) is 0 Å². The smallest absolute Gasteiger partial charge is 0.0873 e. The predicted molar refractivity (Wildman–Crippen MR) is 56.1 cm³/mol. The molecule has 2 rings (SSSR count). The zero-order valence-electron chi connectivity index (χ0n) is 9.11. The standard InChI is InChI=1S/C12H22O2/c1-2-3-4-5-6-11-12(14-11)10-7-9(10)8-13/h9-13H,2-8H2,1H3. The van der Waals surface area contributed by atoms with Crippen molar-refractivity contribution in [3.05, 3.63) is 0 Å². The summed E-state index contributed by atoms with van der Waals surface area (Å²) in [5.41, 5.74) is 0. The predicted octanol–water partition coefficient (Wildman–Crippen LogP) is 2.35. The highest BCUT2D eigenvalue weighted by Gasteiger charge is 2.54. The maximum Gasteiger partial charge on any atom is 0.0873 e. The second-order valence-electron chi connectivity index (χ2n) is 4.83. The highest BCUT2D eigenvalue weighted by Crippen LogP contribution is 2.50. The fourth-order valence-corrected chi connectivity index (χ4v) is 2.42. The van der Waals surface area contributed by atoms with Crippen LogP contribution in [0.3, 0.4) is 0 Å². The summed E-state index contributed by atoms with van der Waals surface area (Å²) in [6, 6.07) is 0. The zero-order valence-corrected chi connectivity index (χ0v) is 9.11. The number of ether oxygens (including phenoxy) is 1. The van der Waals surface area contributed by atoms with Crippen molar-refractivity contribution in [3.63, 3.8) is 0 Å². The van der Waals surface area contributed by atoms with Gasteiger partial charge in [-0.3, -0.25) is 0 Å². The summed E-state index contributed by atoms with van der Waals surface area (Å²) in [5, 5.41) is 8.93. The SMILES string of the molecule is CCCCCCC1OC1C1CC1CO. The Bertz CT molecular complexity index is 181. The Morgan fingerprint density at radius 2 is 2.14 bits per heavy atom. The van der Waals surface area contributed by atoms with Gasteiger partial charge in [-0.15, -0.1) is 0 Å². The van der Waals surface area contributed by atoms with Gasteiger partial charge in [0.1, 0.15) is 0 Å². The fraction of sp³-hybridized carbons (Fsp3) is 1.00. The molecule has 82 valence electrons. The van der Waals surface area contributed by atoms with Crippen LogP contribution in [0.1, 0.15) is 45.4 Å². The first-order valence-corrected chi connectivity index (χ1v) is 6.13. The number of hydrogen-bond acceptors (Lipinski definition) is 2. The third-order valence-electron chi connectivity index (χ3n) is 3.60. The number of hydrogen-bond donors (Lipinski definition) is 1. The van der Waals surface area contributed by atoms with Crippen LogP contribution >= 0.6 is 0 Å². The second-order valence-corrected chi connectivity index (χ2v) is 4.83. The Hall–Kier alpha value is -0.0800. The lowest BCUT2D eigenvalue weighted by Crippen LogP contribution is -2.00. The topological polar surface area (TPSA) is 32.8 Å². The zero-order chi connectivity index (χ0) is 9.97. The molecule has 4 unspecified atom stereocenters. The third kappa shape index (κ3) is 2.48. The van der Waals surface area contributed by atoms with Gasteiger partial charge in [-0.25, -0.2) is 0 Å². The van der Waals surface area contributed by atoms with E-state index in [0.29, 0.717) is 30.7 Å². The summed E-state index contributed by atoms with van der Waals surface area (Å²) >= 11 is 0. The molecule has 2 nitrogen and oxygen atoms in total. The van der Waals surface area contributed by atoms with Gasteiger partial charge in [0.2, 0.25) is 0 Å². The van der Waals surface area contributed by atoms with E-state index in [4.69, 9.17) is 9.84 Å². The maximum absolute atomic E-state index is 8.93. The molecule has 1 aliphatic carbocycles. The largest absolute Gasteiger partial charge is 0.396 e. The first-order valence-electron chi connectivity index (χ1n) is 6.13. The Kier molecular flexibility index (Phi) is 3.45. The van der Waals surface area contributed by atoms with Crippen molar-refractivity contribution < 1.29 is 9.84 Å². The van der Waals surface area contributed by atoms with Crippen LogP contribution in [0.4, 0.5) is 0 Å². The molecule has 0 bridgehead atoms. The van der Waals surface area contributed by atoms with Crippen LogP contribution in [0.2, 0.25) is 0 Å². The molecule has 1 saturated heterocycles. The molecule has 2 fully saturated rings. The molecule has 1 aliphatic heterocycles. The van der Waals surface area contributed by atoms with Gasteiger partial charge < -0.3 is 9.84 Å². The van der Waals surface area contributed by atoms with E-state index in [-0.39, 0.29) is 0 Å². The van der Waals surface area contributed by atoms with Crippen molar-refractivity contribution in [3.8, 4) is 0 Å². The van der Waals surface area contributed by atoms with Gasteiger partial charge >= 0.3 is 0 Å². The summed E-state index contributed by atoms with van der Waals surface area (Å²) < 4.78 is 5.64. The summed E-state index contributed by atoms with van der Waals surface area (Å²) in [6.07, 6.45) is 8.88. The third-order valence-corrected chi connectivity index (χ3v) is 3.60. The van der Waals surface area contributed by atoms with Crippen LogP contribution in [0.5, 0.6) is 0 Å². The monoisotopic (exact) mass is 198 g/mol. The summed E-state index contributed by atoms with van der Waals surface area (Å²) in [6.45, 7) is 2.61. The molecule has 1 saturated carbocycles. The van der Waals surface area contributed by atoms with Gasteiger partial charge in [0, 0.05) is 6.61 Å². The number of rotatable bonds is 7. The van der Waals surface area contributed by atoms with Crippen molar-refractivity contribution in [2.45, 2.75) is 57.7 Å². The van der Waals surface area contributed by atoms with Gasteiger partial charge in [0.25, 0.3) is 0 Å². The highest BCUT2D eigenvalue weighted by atomic mass is 16.6. The Balaban J connectivity index is 1.50. The lowest BCUT2D eigenvalue weighted by molar-refractivity contribution is 0.259. The Morgan fingerprint density at radius 3 is 2.79 bits per heavy atom. The van der Waals surface area contributed by atoms with E-state index in [2.05, 4.69) is 6.92 Å². The average Bonchev–Trinajstić information content (AvgIpc) is 3.04. The minimum Gasteiger partial charge on any atom is -0.396 e. The molecular weight excluding hydrogens is 176 g/mol. The summed E-state index contributed by atoms with van der Waals surface area (Å²) in [4.78, 5) is 0. The van der Waals surface area contributed by atoms with Gasteiger partial charge in [-0.1, -0.05) is 32.6 Å². The molecule has 0 aromatic carbocycles. The Morgan fingerprint density at radius 1 is 1.29 bits per heavy atom. The van der Waals surface area contributed by atoms with E-state index in [9.17, 15) is 0 Å². The summed E-state index contributed by atoms with van der Waals surface area (Å²) in [5.74, 6) is 1.27. The normalized spacial score (nSPS) is 39.9. The van der Waals surface area contributed by atoms with Crippen molar-refractivity contribution in [1.29, 1.82) is 0 Å². The van der Waals surface area contributed by atoms with Gasteiger partial charge in [0.05, 0.1) is 12.2 Å². The molecule has 0 aromatic heterocycles. The Labute approximate surface area is 86.6 Å². The maximum atomic E-state index is 8.93. The molecule has 2 heteroatoms. The molecule has 2 aliphatic rings. The van der Waals surface area contributed by atoms with E-state index < -0.39 is 0 Å². The highest BCUT2D eigenvalue weighted by molar-refractivity contribution is 5.01. The van der Waals surface area contributed by atoms with Crippen molar-refractivity contribution in [2.75, 3.05) is 6.61 Å². The number of aliphatic hydroxyl groups excluding tert-OH is 1. The van der Waals surface area contributed by atoms with Crippen LogP contribution in [-0.4, -0.2) is 23.9 Å². The van der Waals surface area contributed by atoms with Crippen LogP contribution in [0, 0.1) is 11.8 Å². The molecule has 0 spiro atoms. The second kappa shape index (κ2) is 4.63. The number of epoxide rings is 1. The molecule has 1 N–H and O–H groups in total. The minimum atomic E-state index is 0.368. The van der Waals surface area contributed by atoms with E-state index in [0.717, 1.165) is 0 Å². The molecule has 1 heterocycles. The summed E-state index contributed by atoms with van der Waals surface area (Å²) in [7, 11) is 0. The first-order chi connectivity index (χ1) is 6.86. The van der Waals surface area contributed by atoms with Gasteiger partial charge in [-0.2, -0.15) is 0 Å². The van der Waals surface area contributed by atoms with Crippen molar-refractivity contribution >= 4 is 0 Å². The van der Waals surface area contributed by atoms with Crippen LogP contribution in [0.15, 0.2) is 0 Å². The lowest BCUT2D eigenvalue weighted by Gasteiger charge is -1.95. The molecule has 0 aromatic rings. The van der Waals surface area contributed by atoms with Crippen LogP contribution in [-0.2, 0) is 4.74 Å². The number of aliphatic hydroxyl groups is 1.